The van der Waals surface area contributed by atoms with E-state index in [9.17, 15) is 0 Å². The van der Waals surface area contributed by atoms with Gasteiger partial charge in [0.2, 0.25) is 0 Å². The summed E-state index contributed by atoms with van der Waals surface area (Å²) in [6.07, 6.45) is 0. The lowest BCUT2D eigenvalue weighted by molar-refractivity contribution is 0.823. The monoisotopic (exact) mass is 118 g/mol. The second-order valence-electron chi connectivity index (χ2n) is 0. The molecule has 0 unspecified atom stereocenters. The van der Waals surface area contributed by atoms with Crippen molar-refractivity contribution in [1.82, 2.24) is 0 Å². The summed E-state index contributed by atoms with van der Waals surface area (Å²) in [5, 5.41) is 0. The van der Waals surface area contributed by atoms with Crippen LogP contribution in [-0.2, 0) is 0 Å². The van der Waals surface area contributed by atoms with Gasteiger partial charge in [-0.1, -0.05) is 0 Å². The van der Waals surface area contributed by atoms with Crippen LogP contribution in [0.2, 0.25) is 0 Å². The summed E-state index contributed by atoms with van der Waals surface area (Å²) < 4.78 is 0. The summed E-state index contributed by atoms with van der Waals surface area (Å²) in [4.78, 5) is 0. The fourth-order valence-corrected chi connectivity index (χ4v) is 0. The lowest BCUT2D eigenvalue weighted by atomic mass is 10.8. The highest BCUT2D eigenvalue weighted by Gasteiger charge is 0.00203. The van der Waals surface area contributed by atoms with Crippen LogP contribution in [0.4, 0.5) is 0 Å². The molecule has 0 aromatic heterocycles. The molecule has 0 aromatic carbocycles. The van der Waals surface area contributed by atoms with Crippen molar-refractivity contribution in [3.63, 3.8) is 0 Å². The molecule has 0 aliphatic rings. The molecule has 40 valence electrons. The number of hydrogen-bond acceptors (Lipinski definition) is 0. The zero-order valence-electron chi connectivity index (χ0n) is 3.86. The zero-order chi connectivity index (χ0) is 0. The van der Waals surface area contributed by atoms with Gasteiger partial charge in [0.25, 0.3) is 0 Å². The first-order chi connectivity index (χ1) is 0. The summed E-state index contributed by atoms with van der Waals surface area (Å²) in [5.41, 5.74) is 0. The van der Waals surface area contributed by atoms with Crippen molar-refractivity contribution in [3.05, 3.63) is 0 Å². The van der Waals surface area contributed by atoms with Gasteiger partial charge >= 0.3 is 0 Å². The summed E-state index contributed by atoms with van der Waals surface area (Å²) in [6, 6.07) is 0. The van der Waals surface area contributed by atoms with Crippen LogP contribution >= 0.6 is 0 Å². The molecule has 0 saturated carbocycles. The van der Waals surface area contributed by atoms with Crippen molar-refractivity contribution in [2.24, 2.45) is 0 Å². The molecule has 7 heavy (non-hydrogen) atoms. The van der Waals surface area contributed by atoms with Gasteiger partial charge in [0.05, 0.1) is 0 Å². The first-order valence-electron chi connectivity index (χ1n) is 0. The molecule has 7 heteroatoms. The van der Waals surface area contributed by atoms with E-state index in [0.29, 0.717) is 0 Å². The molecular formula is H8B2MgO4. The van der Waals surface area contributed by atoms with Crippen LogP contribution in [0.25, 0.3) is 0 Å². The molecule has 0 rings (SSSR count). The summed E-state index contributed by atoms with van der Waals surface area (Å²) in [7, 11) is 0. The molecule has 0 aliphatic carbocycles. The van der Waals surface area contributed by atoms with Crippen LogP contribution in [0.1, 0.15) is 0 Å². The molecule has 0 atom stereocenters. The van der Waals surface area contributed by atoms with Gasteiger partial charge in [0.15, 0.2) is 0 Å². The summed E-state index contributed by atoms with van der Waals surface area (Å²) in [6.45, 7) is 0. The quantitative estimate of drug-likeness (QED) is 0.284. The van der Waals surface area contributed by atoms with E-state index in [2.05, 4.69) is 0 Å². The van der Waals surface area contributed by atoms with Gasteiger partial charge in [-0.25, -0.2) is 0 Å². The van der Waals surface area contributed by atoms with Crippen molar-refractivity contribution in [3.8, 4) is 0 Å². The maximum Gasteiger partial charge on any atom is 0 e. The molecule has 0 spiro atoms. The Morgan fingerprint density at radius 3 is 0.429 bits per heavy atom. The van der Waals surface area contributed by atoms with Gasteiger partial charge in [0, 0.05) is 39.9 Å². The third kappa shape index (κ3) is 279. The smallest absolute Gasteiger partial charge is 0 e. The average molecular weight is 118 g/mol. The molecule has 0 saturated heterocycles. The first kappa shape index (κ1) is 648. The van der Waals surface area contributed by atoms with E-state index in [4.69, 9.17) is 0 Å². The summed E-state index contributed by atoms with van der Waals surface area (Å²) >= 11 is 0. The Labute approximate surface area is 62.2 Å². The molecule has 8 N–H and O–H groups in total. The maximum absolute atomic E-state index is 0. The van der Waals surface area contributed by atoms with E-state index in [-0.39, 0.29) is 61.8 Å². The molecule has 0 fully saturated rings. The Hall–Kier alpha value is 0.736. The first-order valence-corrected chi connectivity index (χ1v) is 0. The topological polar surface area (TPSA) is 126 Å². The molecule has 0 heterocycles. The number of rotatable bonds is 0. The normalized spacial score (nSPS) is 0. The Balaban J connectivity index is 0. The molecule has 0 aliphatic heterocycles. The molecule has 8 radical (unpaired) electrons. The van der Waals surface area contributed by atoms with E-state index >= 15 is 0 Å². The highest BCUT2D eigenvalue weighted by Crippen LogP contribution is -0.286. The van der Waals surface area contributed by atoms with Crippen LogP contribution in [0.3, 0.4) is 0 Å². The van der Waals surface area contributed by atoms with E-state index in [1.54, 1.807) is 0 Å². The Morgan fingerprint density at radius 2 is 0.429 bits per heavy atom. The predicted octanol–water partition coefficient (Wildman–Crippen LogP) is -4.44. The van der Waals surface area contributed by atoms with Gasteiger partial charge in [-0.15, -0.1) is 0 Å². The Morgan fingerprint density at radius 1 is 0.429 bits per heavy atom. The standard InChI is InChI=1S/2B.Mg.4H2O/h;;;4*1H2. The van der Waals surface area contributed by atoms with Gasteiger partial charge in [-0.05, 0) is 0 Å². The van der Waals surface area contributed by atoms with Crippen LogP contribution in [0.5, 0.6) is 0 Å². The van der Waals surface area contributed by atoms with Gasteiger partial charge < -0.3 is 21.9 Å². The minimum Gasteiger partial charge on any atom is -0.412 e. The third-order valence-corrected chi connectivity index (χ3v) is 0. The number of hydrogen-bond donors (Lipinski definition) is 0. The van der Waals surface area contributed by atoms with Crippen LogP contribution in [0.15, 0.2) is 0 Å². The predicted molar refractivity (Wildman–Crippen MR) is 31.7 cm³/mol. The molecule has 4 nitrogen and oxygen atoms in total. The van der Waals surface area contributed by atoms with Crippen molar-refractivity contribution in [2.45, 2.75) is 0 Å². The van der Waals surface area contributed by atoms with Crippen molar-refractivity contribution >= 4 is 39.9 Å². The van der Waals surface area contributed by atoms with Gasteiger partial charge in [-0.2, -0.15) is 0 Å². The van der Waals surface area contributed by atoms with E-state index < -0.39 is 0 Å². The third-order valence-electron chi connectivity index (χ3n) is 0. The largest absolute Gasteiger partial charge is 0.412 e. The van der Waals surface area contributed by atoms with Gasteiger partial charge in [0.1, 0.15) is 0 Å². The zero-order valence-corrected chi connectivity index (χ0v) is 5.28. The lowest BCUT2D eigenvalue weighted by Crippen LogP contribution is -0.382. The van der Waals surface area contributed by atoms with E-state index in [1.165, 1.54) is 0 Å². The highest BCUT2D eigenvalue weighted by atomic mass is 24.3. The maximum atomic E-state index is 0. The van der Waals surface area contributed by atoms with Crippen LogP contribution < -0.4 is 0 Å². The highest BCUT2D eigenvalue weighted by molar-refractivity contribution is 5.76. The second-order valence-corrected chi connectivity index (χ2v) is 0. The Kier molecular flexibility index (Phi) is 37900. The minimum atomic E-state index is 0. The fraction of sp³-hybridized carbons (Fsp3) is 0. The summed E-state index contributed by atoms with van der Waals surface area (Å²) in [5.74, 6) is 0. The molecule has 0 aromatic rings. The van der Waals surface area contributed by atoms with E-state index in [0.717, 1.165) is 0 Å². The molecular weight excluding hydrogens is 110 g/mol. The van der Waals surface area contributed by atoms with Crippen molar-refractivity contribution in [2.75, 3.05) is 0 Å². The second kappa shape index (κ2) is 409. The van der Waals surface area contributed by atoms with Crippen LogP contribution in [0, 0.1) is 0 Å². The SMILES string of the molecule is O.O.O.O.[B].[B].[Mg]. The lowest BCUT2D eigenvalue weighted by Gasteiger charge is -0.413. The van der Waals surface area contributed by atoms with Crippen molar-refractivity contribution in [1.29, 1.82) is 0 Å². The Bertz CT molecular complexity index is 9.65. The van der Waals surface area contributed by atoms with Gasteiger partial charge in [-0.3, -0.25) is 0 Å². The molecule has 0 bridgehead atoms. The van der Waals surface area contributed by atoms with Crippen LogP contribution in [-0.4, -0.2) is 61.8 Å². The average Bonchev–Trinajstić information content (AvgIpc) is 0. The van der Waals surface area contributed by atoms with E-state index in [1.807, 2.05) is 0 Å². The van der Waals surface area contributed by atoms with Crippen molar-refractivity contribution < 1.29 is 21.9 Å². The minimum absolute atomic E-state index is 0. The fourth-order valence-electron chi connectivity index (χ4n) is 0. The molecule has 0 amide bonds.